The maximum absolute atomic E-state index is 13.0. The van der Waals surface area contributed by atoms with Crippen LogP contribution in [0.5, 0.6) is 0 Å². The molecular formula is C31H48N8O2. The molecule has 0 radical (unpaired) electrons. The molecule has 0 amide bonds. The number of imidazole rings is 1. The zero-order valence-corrected chi connectivity index (χ0v) is 25.8. The predicted octanol–water partition coefficient (Wildman–Crippen LogP) is 5.41. The topological polar surface area (TPSA) is 121 Å². The summed E-state index contributed by atoms with van der Waals surface area (Å²) in [7, 11) is 1.88. The van der Waals surface area contributed by atoms with Crippen molar-refractivity contribution in [1.29, 1.82) is 5.26 Å². The zero-order valence-electron chi connectivity index (χ0n) is 25.8. The molecule has 1 aliphatic rings. The summed E-state index contributed by atoms with van der Waals surface area (Å²) >= 11 is 0. The quantitative estimate of drug-likeness (QED) is 0.145. The van der Waals surface area contributed by atoms with Crippen LogP contribution in [0.4, 0.5) is 11.5 Å². The SMILES string of the molecule is C/C=C\CN/C=C(\C)Cn1c(C)c(NC)n(C2CCOCC2)c1=O.C=NC/N=C/Nc1ccc(C#N)cc1C.CC. The van der Waals surface area contributed by atoms with Crippen LogP contribution in [0.1, 0.15) is 63.4 Å². The minimum atomic E-state index is 0.0601. The lowest BCUT2D eigenvalue weighted by atomic mass is 10.1. The Morgan fingerprint density at radius 2 is 1.98 bits per heavy atom. The molecule has 1 aromatic heterocycles. The van der Waals surface area contributed by atoms with E-state index in [2.05, 4.69) is 44.8 Å². The van der Waals surface area contributed by atoms with Crippen molar-refractivity contribution in [3.8, 4) is 6.07 Å². The standard InChI is InChI=1S/C18H30N4O2.C11H12N4.C2H6/c1-5-6-9-20-12-14(2)13-21-15(3)17(19-4)22(18(21)23)16-7-10-24-11-8-16;1-9-5-10(6-12)3-4-11(9)15-8-14-7-13-2;1-2/h5-6,12,16,19-20H,7-11,13H2,1-4H3;3-5,8H,2,7H2,1H3,(H,14,15);1-2H3/b6-5-,14-12+;;. The predicted molar refractivity (Wildman–Crippen MR) is 172 cm³/mol. The van der Waals surface area contributed by atoms with Gasteiger partial charge in [0.05, 0.1) is 23.7 Å². The van der Waals surface area contributed by atoms with Crippen LogP contribution in [-0.2, 0) is 11.3 Å². The summed E-state index contributed by atoms with van der Waals surface area (Å²) in [4.78, 5) is 20.5. The summed E-state index contributed by atoms with van der Waals surface area (Å²) in [5, 5.41) is 18.1. The summed E-state index contributed by atoms with van der Waals surface area (Å²) in [6, 6.07) is 7.73. The molecule has 41 heavy (non-hydrogen) atoms. The Morgan fingerprint density at radius 1 is 1.27 bits per heavy atom. The highest BCUT2D eigenvalue weighted by Gasteiger charge is 2.24. The minimum absolute atomic E-state index is 0.0601. The highest BCUT2D eigenvalue weighted by Crippen LogP contribution is 2.26. The second-order valence-electron chi connectivity index (χ2n) is 9.20. The summed E-state index contributed by atoms with van der Waals surface area (Å²) in [5.74, 6) is 0.918. The number of nitrogens with zero attached hydrogens (tertiary/aromatic N) is 5. The van der Waals surface area contributed by atoms with E-state index in [0.29, 0.717) is 18.8 Å². The number of rotatable bonds is 11. The number of allylic oxidation sites excluding steroid dienone is 2. The highest BCUT2D eigenvalue weighted by molar-refractivity contribution is 5.77. The van der Waals surface area contributed by atoms with Gasteiger partial charge in [0.15, 0.2) is 0 Å². The average Bonchev–Trinajstić information content (AvgIpc) is 3.24. The maximum atomic E-state index is 13.0. The van der Waals surface area contributed by atoms with E-state index in [9.17, 15) is 4.79 Å². The molecule has 2 heterocycles. The van der Waals surface area contributed by atoms with Crippen molar-refractivity contribution in [3.05, 3.63) is 69.4 Å². The molecule has 0 atom stereocenters. The Hall–Kier alpha value is -4.10. The Morgan fingerprint density at radius 3 is 2.56 bits per heavy atom. The van der Waals surface area contributed by atoms with E-state index in [-0.39, 0.29) is 11.7 Å². The summed E-state index contributed by atoms with van der Waals surface area (Å²) in [6.07, 6.45) is 9.40. The van der Waals surface area contributed by atoms with Crippen LogP contribution in [0.15, 0.2) is 56.9 Å². The minimum Gasteiger partial charge on any atom is -0.387 e. The Kier molecular flexibility index (Phi) is 16.9. The van der Waals surface area contributed by atoms with Crippen molar-refractivity contribution in [1.82, 2.24) is 14.5 Å². The van der Waals surface area contributed by atoms with E-state index in [4.69, 9.17) is 10.00 Å². The molecular weight excluding hydrogens is 516 g/mol. The van der Waals surface area contributed by atoms with E-state index >= 15 is 0 Å². The van der Waals surface area contributed by atoms with Gasteiger partial charge in [-0.15, -0.1) is 0 Å². The van der Waals surface area contributed by atoms with Gasteiger partial charge in [-0.25, -0.2) is 4.79 Å². The van der Waals surface area contributed by atoms with Crippen molar-refractivity contribution in [2.24, 2.45) is 9.98 Å². The van der Waals surface area contributed by atoms with Gasteiger partial charge >= 0.3 is 5.69 Å². The van der Waals surface area contributed by atoms with Crippen LogP contribution in [-0.4, -0.2) is 55.7 Å². The van der Waals surface area contributed by atoms with Gasteiger partial charge < -0.3 is 20.7 Å². The number of ether oxygens (including phenoxy) is 1. The molecule has 0 unspecified atom stereocenters. The van der Waals surface area contributed by atoms with Crippen molar-refractivity contribution >= 4 is 24.6 Å². The Labute approximate surface area is 245 Å². The molecule has 2 aromatic rings. The van der Waals surface area contributed by atoms with Crippen molar-refractivity contribution in [3.63, 3.8) is 0 Å². The number of anilines is 2. The van der Waals surface area contributed by atoms with Gasteiger partial charge in [-0.05, 0) is 82.8 Å². The van der Waals surface area contributed by atoms with E-state index < -0.39 is 0 Å². The highest BCUT2D eigenvalue weighted by atomic mass is 16.5. The first kappa shape index (κ1) is 34.9. The molecule has 10 nitrogen and oxygen atoms in total. The Bertz CT molecular complexity index is 1260. The summed E-state index contributed by atoms with van der Waals surface area (Å²) in [6.45, 7) is 18.5. The first-order chi connectivity index (χ1) is 19.9. The monoisotopic (exact) mass is 564 g/mol. The second kappa shape index (κ2) is 19.9. The number of hydrogen-bond donors (Lipinski definition) is 3. The van der Waals surface area contributed by atoms with E-state index in [0.717, 1.165) is 60.9 Å². The van der Waals surface area contributed by atoms with Crippen LogP contribution in [0.3, 0.4) is 0 Å². The lowest BCUT2D eigenvalue weighted by Gasteiger charge is -2.24. The molecule has 224 valence electrons. The lowest BCUT2D eigenvalue weighted by molar-refractivity contribution is 0.0690. The number of aliphatic imine (C=N–C) groups is 2. The number of benzene rings is 1. The molecule has 3 rings (SSSR count). The Balaban J connectivity index is 0.000000425. The third-order valence-corrected chi connectivity index (χ3v) is 6.29. The number of nitriles is 1. The maximum Gasteiger partial charge on any atom is 0.330 e. The van der Waals surface area contributed by atoms with E-state index in [1.165, 1.54) is 0 Å². The van der Waals surface area contributed by atoms with Gasteiger partial charge in [0, 0.05) is 45.1 Å². The van der Waals surface area contributed by atoms with Gasteiger partial charge in [0.2, 0.25) is 0 Å². The molecule has 0 saturated carbocycles. The number of aryl methyl sites for hydroxylation is 1. The summed E-state index contributed by atoms with van der Waals surface area (Å²) < 4.78 is 9.20. The van der Waals surface area contributed by atoms with Crippen LogP contribution < -0.4 is 21.6 Å². The molecule has 1 saturated heterocycles. The van der Waals surface area contributed by atoms with Gasteiger partial charge in [-0.2, -0.15) is 5.26 Å². The number of aromatic nitrogens is 2. The fraction of sp³-hybridized carbons (Fsp3) is 0.484. The van der Waals surface area contributed by atoms with Crippen molar-refractivity contribution < 1.29 is 4.74 Å². The third-order valence-electron chi connectivity index (χ3n) is 6.29. The molecule has 1 aliphatic heterocycles. The van der Waals surface area contributed by atoms with Crippen LogP contribution >= 0.6 is 0 Å². The molecule has 0 aliphatic carbocycles. The largest absolute Gasteiger partial charge is 0.387 e. The van der Waals surface area contributed by atoms with Gasteiger partial charge in [0.25, 0.3) is 0 Å². The smallest absolute Gasteiger partial charge is 0.330 e. The molecule has 0 bridgehead atoms. The summed E-state index contributed by atoms with van der Waals surface area (Å²) in [5.41, 5.74) is 4.76. The van der Waals surface area contributed by atoms with Crippen molar-refractivity contribution in [2.75, 3.05) is 44.1 Å². The zero-order chi connectivity index (χ0) is 30.6. The van der Waals surface area contributed by atoms with Crippen molar-refractivity contribution in [2.45, 2.75) is 67.0 Å². The molecule has 1 aromatic carbocycles. The molecule has 3 N–H and O–H groups in total. The van der Waals surface area contributed by atoms with Gasteiger partial charge in [-0.1, -0.05) is 26.0 Å². The second-order valence-corrected chi connectivity index (χ2v) is 9.20. The van der Waals surface area contributed by atoms with E-state index in [1.807, 2.05) is 82.1 Å². The fourth-order valence-corrected chi connectivity index (χ4v) is 4.26. The number of hydrogen-bond acceptors (Lipinski definition) is 7. The lowest BCUT2D eigenvalue weighted by Crippen LogP contribution is -2.31. The average molecular weight is 565 g/mol. The van der Waals surface area contributed by atoms with Gasteiger partial charge in [0.1, 0.15) is 12.5 Å². The number of nitrogens with one attached hydrogen (secondary N) is 3. The normalized spacial score (nSPS) is 13.6. The fourth-order valence-electron chi connectivity index (χ4n) is 4.26. The van der Waals surface area contributed by atoms with Gasteiger partial charge in [-0.3, -0.25) is 19.1 Å². The molecule has 10 heteroatoms. The van der Waals surface area contributed by atoms with Crippen LogP contribution in [0.25, 0.3) is 0 Å². The molecule has 1 fully saturated rings. The first-order valence-corrected chi connectivity index (χ1v) is 14.1. The third kappa shape index (κ3) is 11.1. The molecule has 0 spiro atoms. The van der Waals surface area contributed by atoms with Crippen LogP contribution in [0, 0.1) is 25.2 Å². The first-order valence-electron chi connectivity index (χ1n) is 14.1. The van der Waals surface area contributed by atoms with Crippen LogP contribution in [0.2, 0.25) is 0 Å². The van der Waals surface area contributed by atoms with E-state index in [1.54, 1.807) is 12.4 Å².